The lowest BCUT2D eigenvalue weighted by Gasteiger charge is -2.55. The van der Waals surface area contributed by atoms with Crippen molar-refractivity contribution in [3.05, 3.63) is 40.2 Å². The molecule has 1 aromatic carbocycles. The van der Waals surface area contributed by atoms with Gasteiger partial charge in [0.25, 0.3) is 0 Å². The van der Waals surface area contributed by atoms with Crippen LogP contribution in [0.3, 0.4) is 0 Å². The minimum atomic E-state index is 0.217. The maximum Gasteiger partial charge on any atom is 0.234 e. The van der Waals surface area contributed by atoms with E-state index in [0.717, 1.165) is 39.3 Å². The zero-order valence-corrected chi connectivity index (χ0v) is 17.3. The quantitative estimate of drug-likeness (QED) is 0.635. The van der Waals surface area contributed by atoms with Crippen LogP contribution < -0.4 is 4.74 Å². The maximum absolute atomic E-state index is 6.00. The molecule has 0 amide bonds. The number of benzene rings is 1. The average Bonchev–Trinajstić information content (AvgIpc) is 3.22. The van der Waals surface area contributed by atoms with Gasteiger partial charge in [0, 0.05) is 5.41 Å². The molecule has 2 heterocycles. The summed E-state index contributed by atoms with van der Waals surface area (Å²) in [6.07, 6.45) is 8.16. The third kappa shape index (κ3) is 2.60. The third-order valence-corrected chi connectivity index (χ3v) is 8.26. The van der Waals surface area contributed by atoms with Crippen LogP contribution >= 0.6 is 11.3 Å². The minimum Gasteiger partial charge on any atom is -0.486 e. The van der Waals surface area contributed by atoms with Gasteiger partial charge in [-0.25, -0.2) is 0 Å². The van der Waals surface area contributed by atoms with E-state index in [9.17, 15) is 0 Å². The summed E-state index contributed by atoms with van der Waals surface area (Å²) in [6, 6.07) is 6.23. The molecule has 7 rings (SSSR count). The fourth-order valence-corrected chi connectivity index (χ4v) is 7.13. The number of rotatable bonds is 4. The molecule has 4 aliphatic rings. The summed E-state index contributed by atoms with van der Waals surface area (Å²) in [4.78, 5) is 0.907. The summed E-state index contributed by atoms with van der Waals surface area (Å²) < 4.78 is 8.04. The van der Waals surface area contributed by atoms with Crippen LogP contribution in [0.5, 0.6) is 5.75 Å². The monoisotopic (exact) mass is 394 g/mol. The Kier molecular flexibility index (Phi) is 3.65. The number of aromatic nitrogens is 4. The molecule has 0 N–H and O–H groups in total. The number of nitrogens with zero attached hydrogens (tertiary/aromatic N) is 4. The number of hydrogen-bond donors (Lipinski definition) is 0. The molecule has 4 fully saturated rings. The van der Waals surface area contributed by atoms with Gasteiger partial charge >= 0.3 is 0 Å². The van der Waals surface area contributed by atoms with Gasteiger partial charge in [-0.05, 0) is 93.4 Å². The Labute approximate surface area is 169 Å². The molecule has 0 atom stereocenters. The third-order valence-electron chi connectivity index (χ3n) is 7.39. The van der Waals surface area contributed by atoms with E-state index in [4.69, 9.17) is 9.84 Å². The predicted molar refractivity (Wildman–Crippen MR) is 109 cm³/mol. The van der Waals surface area contributed by atoms with Crippen LogP contribution in [-0.4, -0.2) is 19.8 Å². The van der Waals surface area contributed by atoms with E-state index in [2.05, 4.69) is 36.2 Å². The zero-order valence-electron chi connectivity index (χ0n) is 16.5. The smallest absolute Gasteiger partial charge is 0.234 e. The molecule has 4 bridgehead atoms. The number of hydrogen-bond acceptors (Lipinski definition) is 5. The summed E-state index contributed by atoms with van der Waals surface area (Å²) in [5, 5.41) is 15.0. The lowest BCUT2D eigenvalue weighted by atomic mass is 9.49. The highest BCUT2D eigenvalue weighted by atomic mass is 32.1. The lowest BCUT2D eigenvalue weighted by molar-refractivity contribution is -0.0103. The van der Waals surface area contributed by atoms with Crippen molar-refractivity contribution >= 4 is 16.3 Å². The van der Waals surface area contributed by atoms with E-state index < -0.39 is 0 Å². The summed E-state index contributed by atoms with van der Waals surface area (Å²) in [6.45, 7) is 4.72. The second kappa shape index (κ2) is 6.02. The van der Waals surface area contributed by atoms with Crippen LogP contribution in [-0.2, 0) is 12.0 Å². The Balaban J connectivity index is 1.27. The molecular weight excluding hydrogens is 368 g/mol. The largest absolute Gasteiger partial charge is 0.486 e. The van der Waals surface area contributed by atoms with Crippen LogP contribution in [0.4, 0.5) is 0 Å². The van der Waals surface area contributed by atoms with Gasteiger partial charge in [0.1, 0.15) is 12.4 Å². The minimum absolute atomic E-state index is 0.217. The molecule has 0 unspecified atom stereocenters. The summed E-state index contributed by atoms with van der Waals surface area (Å²) in [5.41, 5.74) is 2.75. The van der Waals surface area contributed by atoms with Gasteiger partial charge < -0.3 is 4.74 Å². The summed E-state index contributed by atoms with van der Waals surface area (Å²) in [7, 11) is 0. The molecule has 4 aliphatic carbocycles. The number of fused-ring (bicyclic) bond motifs is 1. The summed E-state index contributed by atoms with van der Waals surface area (Å²) in [5.74, 6) is 4.70. The molecule has 3 aromatic rings. The molecular formula is C22H26N4OS. The van der Waals surface area contributed by atoms with E-state index in [-0.39, 0.29) is 5.41 Å². The van der Waals surface area contributed by atoms with Crippen LogP contribution in [0.15, 0.2) is 18.2 Å². The average molecular weight is 395 g/mol. The first-order valence-corrected chi connectivity index (χ1v) is 11.3. The van der Waals surface area contributed by atoms with Crippen molar-refractivity contribution in [3.63, 3.8) is 0 Å². The van der Waals surface area contributed by atoms with Gasteiger partial charge in [0.2, 0.25) is 4.96 Å². The molecule has 2 aromatic heterocycles. The molecule has 6 heteroatoms. The molecule has 0 saturated heterocycles. The second-order valence-corrected chi connectivity index (χ2v) is 10.5. The molecule has 0 radical (unpaired) electrons. The van der Waals surface area contributed by atoms with Crippen molar-refractivity contribution in [3.8, 4) is 5.75 Å². The van der Waals surface area contributed by atoms with Crippen LogP contribution in [0.25, 0.3) is 4.96 Å². The Morgan fingerprint density at radius 1 is 1.04 bits per heavy atom. The maximum atomic E-state index is 6.00. The van der Waals surface area contributed by atoms with E-state index >= 15 is 0 Å². The Bertz CT molecular complexity index is 1020. The fourth-order valence-electron chi connectivity index (χ4n) is 6.38. The van der Waals surface area contributed by atoms with Gasteiger partial charge in [0.05, 0.1) is 0 Å². The first-order valence-electron chi connectivity index (χ1n) is 10.5. The number of aryl methyl sites for hydroxylation is 2. The lowest BCUT2D eigenvalue weighted by Crippen LogP contribution is -2.49. The van der Waals surface area contributed by atoms with E-state index in [1.54, 1.807) is 11.3 Å². The molecule has 0 spiro atoms. The van der Waals surface area contributed by atoms with Gasteiger partial charge in [-0.15, -0.1) is 10.2 Å². The van der Waals surface area contributed by atoms with E-state index in [1.807, 2.05) is 10.6 Å². The van der Waals surface area contributed by atoms with Crippen molar-refractivity contribution in [2.45, 2.75) is 64.4 Å². The van der Waals surface area contributed by atoms with Gasteiger partial charge in [-0.2, -0.15) is 9.61 Å². The predicted octanol–water partition coefficient (Wildman–Crippen LogP) is 4.85. The van der Waals surface area contributed by atoms with E-state index in [0.29, 0.717) is 6.61 Å². The first-order chi connectivity index (χ1) is 13.6. The molecule has 4 saturated carbocycles. The molecule has 146 valence electrons. The standard InChI is InChI=1S/C22H26N4OS/c1-13-3-4-18(5-14(13)2)27-12-19-25-26-20(23-24-21(26)28-19)22-9-15-6-16(10-22)8-17(7-15)11-22/h3-5,15-17H,6-12H2,1-2H3. The number of ether oxygens (including phenoxy) is 1. The van der Waals surface area contributed by atoms with Crippen LogP contribution in [0.2, 0.25) is 0 Å². The zero-order chi connectivity index (χ0) is 18.9. The Morgan fingerprint density at radius 2 is 1.75 bits per heavy atom. The van der Waals surface area contributed by atoms with Crippen molar-refractivity contribution in [1.29, 1.82) is 0 Å². The Hall–Kier alpha value is -1.95. The normalized spacial score (nSPS) is 31.0. The van der Waals surface area contributed by atoms with Crippen LogP contribution in [0.1, 0.15) is 60.5 Å². The van der Waals surface area contributed by atoms with Crippen molar-refractivity contribution < 1.29 is 4.74 Å². The highest BCUT2D eigenvalue weighted by Crippen LogP contribution is 2.60. The second-order valence-electron chi connectivity index (χ2n) is 9.45. The SMILES string of the molecule is Cc1ccc(OCc2nn3c(C45CC6CC(CC(C6)C4)C5)nnc3s2)cc1C. The molecule has 0 aliphatic heterocycles. The summed E-state index contributed by atoms with van der Waals surface area (Å²) >= 11 is 1.60. The first kappa shape index (κ1) is 17.0. The van der Waals surface area contributed by atoms with Crippen molar-refractivity contribution in [2.75, 3.05) is 0 Å². The fraction of sp³-hybridized carbons (Fsp3) is 0.591. The van der Waals surface area contributed by atoms with Gasteiger partial charge in [0.15, 0.2) is 10.8 Å². The van der Waals surface area contributed by atoms with Crippen molar-refractivity contribution in [2.24, 2.45) is 17.8 Å². The van der Waals surface area contributed by atoms with Crippen LogP contribution in [0, 0.1) is 31.6 Å². The molecule has 5 nitrogen and oxygen atoms in total. The Morgan fingerprint density at radius 3 is 2.43 bits per heavy atom. The van der Waals surface area contributed by atoms with Crippen molar-refractivity contribution in [1.82, 2.24) is 19.8 Å². The van der Waals surface area contributed by atoms with Gasteiger partial charge in [-0.1, -0.05) is 17.4 Å². The van der Waals surface area contributed by atoms with E-state index in [1.165, 1.54) is 49.7 Å². The van der Waals surface area contributed by atoms with Gasteiger partial charge in [-0.3, -0.25) is 0 Å². The molecule has 28 heavy (non-hydrogen) atoms. The topological polar surface area (TPSA) is 52.3 Å². The highest BCUT2D eigenvalue weighted by molar-refractivity contribution is 7.16. The highest BCUT2D eigenvalue weighted by Gasteiger charge is 2.54.